The fourth-order valence-electron chi connectivity index (χ4n) is 0.930. The van der Waals surface area contributed by atoms with Gasteiger partial charge in [0.25, 0.3) is 0 Å². The number of amides is 1. The molecule has 5 heteroatoms. The highest BCUT2D eigenvalue weighted by Crippen LogP contribution is 2.08. The Morgan fingerprint density at radius 1 is 1.29 bits per heavy atom. The number of nitrogens with one attached hydrogen (secondary N) is 1. The number of nitrogens with two attached hydrogens (primary N) is 1. The van der Waals surface area contributed by atoms with Gasteiger partial charge >= 0.3 is 5.97 Å². The quantitative estimate of drug-likeness (QED) is 0.642. The van der Waals surface area contributed by atoms with E-state index in [4.69, 9.17) is 10.8 Å². The summed E-state index contributed by atoms with van der Waals surface area (Å²) in [4.78, 5) is 20.9. The maximum absolute atomic E-state index is 10.7. The summed E-state index contributed by atoms with van der Waals surface area (Å²) in [5.41, 5.74) is 6.06. The summed E-state index contributed by atoms with van der Waals surface area (Å²) in [6.07, 6.45) is 0. The van der Waals surface area contributed by atoms with Gasteiger partial charge in [0.1, 0.15) is 6.54 Å². The van der Waals surface area contributed by atoms with Crippen LogP contribution in [0.4, 0.5) is 5.69 Å². The molecule has 5 nitrogen and oxygen atoms in total. The van der Waals surface area contributed by atoms with Crippen molar-refractivity contribution in [3.05, 3.63) is 29.8 Å². The standard InChI is InChI=1S/C9H10N2O3/c10-9(14)6-1-3-7(4-2-6)11-5-8(12)13/h1-4,11H,5H2,(H2,10,14)(H,12,13). The zero-order chi connectivity index (χ0) is 10.6. The van der Waals surface area contributed by atoms with Crippen molar-refractivity contribution in [2.24, 2.45) is 5.73 Å². The van der Waals surface area contributed by atoms with Crippen LogP contribution in [-0.2, 0) is 4.79 Å². The highest BCUT2D eigenvalue weighted by Gasteiger charge is 2.00. The van der Waals surface area contributed by atoms with Crippen LogP contribution in [0, 0.1) is 0 Å². The van der Waals surface area contributed by atoms with Crippen molar-refractivity contribution in [3.8, 4) is 0 Å². The molecule has 1 aromatic carbocycles. The minimum atomic E-state index is -0.941. The number of hydrogen-bond donors (Lipinski definition) is 3. The summed E-state index contributed by atoms with van der Waals surface area (Å²) >= 11 is 0. The van der Waals surface area contributed by atoms with Gasteiger partial charge in [-0.25, -0.2) is 0 Å². The van der Waals surface area contributed by atoms with Crippen LogP contribution in [0.1, 0.15) is 10.4 Å². The van der Waals surface area contributed by atoms with Gasteiger partial charge in [-0.1, -0.05) is 0 Å². The molecule has 1 rings (SSSR count). The lowest BCUT2D eigenvalue weighted by Crippen LogP contribution is -2.13. The van der Waals surface area contributed by atoms with E-state index in [1.165, 1.54) is 12.1 Å². The summed E-state index contributed by atoms with van der Waals surface area (Å²) in [6.45, 7) is -0.157. The molecule has 0 bridgehead atoms. The molecule has 0 saturated heterocycles. The van der Waals surface area contributed by atoms with Crippen LogP contribution in [0.3, 0.4) is 0 Å². The Kier molecular flexibility index (Phi) is 3.06. The summed E-state index contributed by atoms with van der Waals surface area (Å²) in [7, 11) is 0. The molecule has 0 aliphatic carbocycles. The first-order valence-corrected chi connectivity index (χ1v) is 3.95. The Balaban J connectivity index is 2.64. The predicted octanol–water partition coefficient (Wildman–Crippen LogP) is 0.282. The molecule has 0 fully saturated rings. The van der Waals surface area contributed by atoms with Crippen molar-refractivity contribution in [1.82, 2.24) is 0 Å². The van der Waals surface area contributed by atoms with E-state index < -0.39 is 11.9 Å². The molecule has 1 amide bonds. The van der Waals surface area contributed by atoms with Gasteiger partial charge in [0, 0.05) is 11.3 Å². The third-order valence-corrected chi connectivity index (χ3v) is 1.61. The van der Waals surface area contributed by atoms with Crippen LogP contribution in [0.2, 0.25) is 0 Å². The SMILES string of the molecule is NC(=O)c1ccc(NCC(=O)O)cc1. The van der Waals surface area contributed by atoms with Gasteiger partial charge in [0.2, 0.25) is 5.91 Å². The van der Waals surface area contributed by atoms with E-state index in [2.05, 4.69) is 5.32 Å². The highest BCUT2D eigenvalue weighted by atomic mass is 16.4. The molecule has 4 N–H and O–H groups in total. The first kappa shape index (κ1) is 10.0. The van der Waals surface area contributed by atoms with E-state index in [1.807, 2.05) is 0 Å². The second-order valence-corrected chi connectivity index (χ2v) is 2.69. The monoisotopic (exact) mass is 194 g/mol. The molecular weight excluding hydrogens is 184 g/mol. The Bertz CT molecular complexity index is 346. The van der Waals surface area contributed by atoms with E-state index in [-0.39, 0.29) is 6.54 Å². The number of anilines is 1. The molecular formula is C9H10N2O3. The second-order valence-electron chi connectivity index (χ2n) is 2.69. The van der Waals surface area contributed by atoms with Crippen molar-refractivity contribution in [2.75, 3.05) is 11.9 Å². The number of primary amides is 1. The summed E-state index contributed by atoms with van der Waals surface area (Å²) in [5.74, 6) is -1.45. The maximum atomic E-state index is 10.7. The first-order valence-electron chi connectivity index (χ1n) is 3.95. The van der Waals surface area contributed by atoms with E-state index in [0.29, 0.717) is 11.3 Å². The van der Waals surface area contributed by atoms with Crippen molar-refractivity contribution in [3.63, 3.8) is 0 Å². The Morgan fingerprint density at radius 3 is 2.29 bits per heavy atom. The zero-order valence-electron chi connectivity index (χ0n) is 7.36. The van der Waals surface area contributed by atoms with E-state index >= 15 is 0 Å². The molecule has 0 saturated carbocycles. The number of carboxylic acids is 1. The summed E-state index contributed by atoms with van der Waals surface area (Å²) < 4.78 is 0. The molecule has 0 aliphatic rings. The third-order valence-electron chi connectivity index (χ3n) is 1.61. The smallest absolute Gasteiger partial charge is 0.322 e. The van der Waals surface area contributed by atoms with Crippen LogP contribution in [-0.4, -0.2) is 23.5 Å². The van der Waals surface area contributed by atoms with Crippen molar-refractivity contribution in [1.29, 1.82) is 0 Å². The van der Waals surface area contributed by atoms with Crippen LogP contribution in [0.5, 0.6) is 0 Å². The molecule has 0 aromatic heterocycles. The van der Waals surface area contributed by atoms with Gasteiger partial charge in [-0.15, -0.1) is 0 Å². The molecule has 0 unspecified atom stereocenters. The molecule has 0 radical (unpaired) electrons. The molecule has 0 spiro atoms. The average molecular weight is 194 g/mol. The molecule has 0 heterocycles. The Hall–Kier alpha value is -2.04. The normalized spacial score (nSPS) is 9.43. The first-order chi connectivity index (χ1) is 6.59. The fraction of sp³-hybridized carbons (Fsp3) is 0.111. The number of benzene rings is 1. The largest absolute Gasteiger partial charge is 0.480 e. The lowest BCUT2D eigenvalue weighted by Gasteiger charge is -2.03. The molecule has 0 aliphatic heterocycles. The average Bonchev–Trinajstić information content (AvgIpc) is 2.15. The van der Waals surface area contributed by atoms with Crippen LogP contribution in [0.15, 0.2) is 24.3 Å². The number of aliphatic carboxylic acids is 1. The predicted molar refractivity (Wildman–Crippen MR) is 51.1 cm³/mol. The van der Waals surface area contributed by atoms with Gasteiger partial charge in [0.05, 0.1) is 0 Å². The highest BCUT2D eigenvalue weighted by molar-refractivity contribution is 5.93. The number of carboxylic acid groups (broad SMARTS) is 1. The number of carbonyl (C=O) groups excluding carboxylic acids is 1. The van der Waals surface area contributed by atoms with Crippen LogP contribution in [0.25, 0.3) is 0 Å². The molecule has 14 heavy (non-hydrogen) atoms. The summed E-state index contributed by atoms with van der Waals surface area (Å²) in [6, 6.07) is 6.27. The Morgan fingerprint density at radius 2 is 1.86 bits per heavy atom. The minimum absolute atomic E-state index is 0.157. The third kappa shape index (κ3) is 2.78. The van der Waals surface area contributed by atoms with Crippen LogP contribution >= 0.6 is 0 Å². The zero-order valence-corrected chi connectivity index (χ0v) is 7.36. The molecule has 1 aromatic rings. The second kappa shape index (κ2) is 4.27. The molecule has 74 valence electrons. The van der Waals surface area contributed by atoms with Crippen molar-refractivity contribution >= 4 is 17.6 Å². The fourth-order valence-corrected chi connectivity index (χ4v) is 0.930. The van der Waals surface area contributed by atoms with E-state index in [9.17, 15) is 9.59 Å². The number of rotatable bonds is 4. The molecule has 0 atom stereocenters. The van der Waals surface area contributed by atoms with Gasteiger partial charge in [-0.2, -0.15) is 0 Å². The Labute approximate surface area is 80.5 Å². The van der Waals surface area contributed by atoms with Gasteiger partial charge < -0.3 is 16.2 Å². The van der Waals surface area contributed by atoms with Crippen LogP contribution < -0.4 is 11.1 Å². The van der Waals surface area contributed by atoms with Crippen molar-refractivity contribution < 1.29 is 14.7 Å². The van der Waals surface area contributed by atoms with E-state index in [1.54, 1.807) is 12.1 Å². The van der Waals surface area contributed by atoms with Gasteiger partial charge in [0.15, 0.2) is 0 Å². The van der Waals surface area contributed by atoms with Crippen molar-refractivity contribution in [2.45, 2.75) is 0 Å². The maximum Gasteiger partial charge on any atom is 0.322 e. The minimum Gasteiger partial charge on any atom is -0.480 e. The summed E-state index contributed by atoms with van der Waals surface area (Å²) in [5, 5.41) is 11.0. The lowest BCUT2D eigenvalue weighted by atomic mass is 10.2. The van der Waals surface area contributed by atoms with Gasteiger partial charge in [-0.05, 0) is 24.3 Å². The number of hydrogen-bond acceptors (Lipinski definition) is 3. The van der Waals surface area contributed by atoms with Gasteiger partial charge in [-0.3, -0.25) is 9.59 Å². The lowest BCUT2D eigenvalue weighted by molar-refractivity contribution is -0.134. The number of carbonyl (C=O) groups is 2. The van der Waals surface area contributed by atoms with E-state index in [0.717, 1.165) is 0 Å². The topological polar surface area (TPSA) is 92.4 Å².